The van der Waals surface area contributed by atoms with Crippen molar-refractivity contribution in [3.63, 3.8) is 0 Å². The summed E-state index contributed by atoms with van der Waals surface area (Å²) in [6.07, 6.45) is 1.93. The molecule has 0 radical (unpaired) electrons. The topological polar surface area (TPSA) is 125 Å². The number of nitrogens with two attached hydrogens (primary N) is 1. The van der Waals surface area contributed by atoms with Crippen molar-refractivity contribution in [1.82, 2.24) is 9.97 Å². The maximum absolute atomic E-state index is 10.7. The van der Waals surface area contributed by atoms with Crippen LogP contribution in [-0.2, 0) is 4.74 Å². The van der Waals surface area contributed by atoms with E-state index >= 15 is 0 Å². The average Bonchev–Trinajstić information content (AvgIpc) is 2.38. The maximum atomic E-state index is 10.7. The van der Waals surface area contributed by atoms with Crippen LogP contribution in [0.1, 0.15) is 13.3 Å². The van der Waals surface area contributed by atoms with Gasteiger partial charge in [0, 0.05) is 6.61 Å². The minimum atomic E-state index is -0.622. The van der Waals surface area contributed by atoms with Crippen LogP contribution in [0.3, 0.4) is 0 Å². The van der Waals surface area contributed by atoms with Gasteiger partial charge in [0.2, 0.25) is 5.95 Å². The Balaban J connectivity index is 2.63. The SMILES string of the molecule is CCCOCCOc1nc(NN)ncc1[N+](=O)[O-]. The number of nitrogens with one attached hydrogen (secondary N) is 1. The molecular formula is C9H15N5O4. The fourth-order valence-corrected chi connectivity index (χ4v) is 1.10. The van der Waals surface area contributed by atoms with Crippen molar-refractivity contribution >= 4 is 11.6 Å². The highest BCUT2D eigenvalue weighted by Crippen LogP contribution is 2.23. The van der Waals surface area contributed by atoms with Crippen molar-refractivity contribution in [2.75, 3.05) is 25.2 Å². The Morgan fingerprint density at radius 1 is 1.50 bits per heavy atom. The molecule has 18 heavy (non-hydrogen) atoms. The molecule has 1 aromatic heterocycles. The molecule has 0 bridgehead atoms. The summed E-state index contributed by atoms with van der Waals surface area (Å²) >= 11 is 0. The minimum Gasteiger partial charge on any atom is -0.470 e. The lowest BCUT2D eigenvalue weighted by molar-refractivity contribution is -0.386. The van der Waals surface area contributed by atoms with Gasteiger partial charge >= 0.3 is 5.69 Å². The number of aromatic nitrogens is 2. The van der Waals surface area contributed by atoms with Crippen LogP contribution in [-0.4, -0.2) is 34.7 Å². The highest BCUT2D eigenvalue weighted by atomic mass is 16.6. The van der Waals surface area contributed by atoms with Crippen molar-refractivity contribution in [2.24, 2.45) is 5.84 Å². The normalized spacial score (nSPS) is 10.1. The molecule has 1 rings (SSSR count). The van der Waals surface area contributed by atoms with E-state index in [0.29, 0.717) is 13.2 Å². The quantitative estimate of drug-likeness (QED) is 0.298. The van der Waals surface area contributed by atoms with Gasteiger partial charge in [-0.25, -0.2) is 10.8 Å². The molecule has 1 aromatic rings. The van der Waals surface area contributed by atoms with Crippen molar-refractivity contribution < 1.29 is 14.4 Å². The second-order valence-electron chi connectivity index (χ2n) is 3.25. The van der Waals surface area contributed by atoms with Crippen LogP contribution in [0, 0.1) is 10.1 Å². The Kier molecular flexibility index (Phi) is 5.74. The van der Waals surface area contributed by atoms with Gasteiger partial charge in [-0.1, -0.05) is 6.92 Å². The molecule has 0 aliphatic heterocycles. The Morgan fingerprint density at radius 2 is 2.28 bits per heavy atom. The predicted molar refractivity (Wildman–Crippen MR) is 63.1 cm³/mol. The van der Waals surface area contributed by atoms with E-state index in [1.54, 1.807) is 0 Å². The zero-order valence-electron chi connectivity index (χ0n) is 9.96. The van der Waals surface area contributed by atoms with Crippen molar-refractivity contribution in [3.05, 3.63) is 16.3 Å². The zero-order chi connectivity index (χ0) is 13.4. The van der Waals surface area contributed by atoms with E-state index in [2.05, 4.69) is 15.4 Å². The van der Waals surface area contributed by atoms with E-state index in [0.717, 1.165) is 12.6 Å². The van der Waals surface area contributed by atoms with Crippen molar-refractivity contribution in [3.8, 4) is 5.88 Å². The van der Waals surface area contributed by atoms with Crippen molar-refractivity contribution in [2.45, 2.75) is 13.3 Å². The summed E-state index contributed by atoms with van der Waals surface area (Å²) < 4.78 is 10.4. The number of rotatable bonds is 8. The third kappa shape index (κ3) is 4.11. The highest BCUT2D eigenvalue weighted by molar-refractivity contribution is 5.42. The molecule has 0 fully saturated rings. The van der Waals surface area contributed by atoms with E-state index in [-0.39, 0.29) is 24.1 Å². The monoisotopic (exact) mass is 257 g/mol. The molecule has 0 saturated carbocycles. The first-order chi connectivity index (χ1) is 8.69. The van der Waals surface area contributed by atoms with Gasteiger partial charge in [-0.3, -0.25) is 15.5 Å². The summed E-state index contributed by atoms with van der Waals surface area (Å²) in [5, 5.41) is 10.7. The van der Waals surface area contributed by atoms with E-state index < -0.39 is 4.92 Å². The Labute approximate surface area is 103 Å². The number of hydrazine groups is 1. The Morgan fingerprint density at radius 3 is 2.89 bits per heavy atom. The largest absolute Gasteiger partial charge is 0.470 e. The van der Waals surface area contributed by atoms with Crippen LogP contribution in [0.4, 0.5) is 11.6 Å². The lowest BCUT2D eigenvalue weighted by Gasteiger charge is -2.07. The summed E-state index contributed by atoms with van der Waals surface area (Å²) in [4.78, 5) is 17.5. The third-order valence-corrected chi connectivity index (χ3v) is 1.88. The fourth-order valence-electron chi connectivity index (χ4n) is 1.10. The minimum absolute atomic E-state index is 0.0464. The molecule has 0 aliphatic carbocycles. The van der Waals surface area contributed by atoms with Gasteiger partial charge in [0.05, 0.1) is 11.5 Å². The van der Waals surface area contributed by atoms with Gasteiger partial charge in [0.25, 0.3) is 5.88 Å². The van der Waals surface area contributed by atoms with Gasteiger partial charge in [-0.15, -0.1) is 0 Å². The van der Waals surface area contributed by atoms with Crippen LogP contribution in [0.5, 0.6) is 5.88 Å². The van der Waals surface area contributed by atoms with Gasteiger partial charge in [-0.2, -0.15) is 4.98 Å². The summed E-state index contributed by atoms with van der Waals surface area (Å²) in [5.74, 6) is 5.02. The Bertz CT molecular complexity index is 401. The molecule has 0 aromatic carbocycles. The number of nitro groups is 1. The van der Waals surface area contributed by atoms with Gasteiger partial charge in [0.1, 0.15) is 12.8 Å². The van der Waals surface area contributed by atoms with E-state index in [4.69, 9.17) is 15.3 Å². The number of hydrogen-bond acceptors (Lipinski definition) is 8. The smallest absolute Gasteiger partial charge is 0.349 e. The number of nitrogen functional groups attached to an aromatic ring is 1. The van der Waals surface area contributed by atoms with Crippen molar-refractivity contribution in [1.29, 1.82) is 0 Å². The predicted octanol–water partition coefficient (Wildman–Crippen LogP) is 0.476. The molecule has 0 spiro atoms. The first kappa shape index (κ1) is 14.1. The Hall–Kier alpha value is -2.00. The standard InChI is InChI=1S/C9H15N5O4/c1-2-3-17-4-5-18-8-7(14(15)16)6-11-9(12-8)13-10/h6H,2-5,10H2,1H3,(H,11,12,13). The first-order valence-electron chi connectivity index (χ1n) is 5.37. The fraction of sp³-hybridized carbons (Fsp3) is 0.556. The molecule has 0 saturated heterocycles. The van der Waals surface area contributed by atoms with Gasteiger partial charge in [0.15, 0.2) is 0 Å². The van der Waals surface area contributed by atoms with Crippen LogP contribution in [0.2, 0.25) is 0 Å². The summed E-state index contributed by atoms with van der Waals surface area (Å²) in [7, 11) is 0. The second-order valence-corrected chi connectivity index (χ2v) is 3.25. The number of ether oxygens (including phenoxy) is 2. The third-order valence-electron chi connectivity index (χ3n) is 1.88. The molecule has 0 amide bonds. The maximum Gasteiger partial charge on any atom is 0.349 e. The molecule has 9 nitrogen and oxygen atoms in total. The zero-order valence-corrected chi connectivity index (χ0v) is 9.96. The van der Waals surface area contributed by atoms with Gasteiger partial charge in [-0.05, 0) is 6.42 Å². The molecule has 3 N–H and O–H groups in total. The lowest BCUT2D eigenvalue weighted by atomic mass is 10.5. The molecule has 0 aliphatic rings. The molecule has 0 unspecified atom stereocenters. The van der Waals surface area contributed by atoms with Crippen LogP contribution in [0.15, 0.2) is 6.20 Å². The lowest BCUT2D eigenvalue weighted by Crippen LogP contribution is -2.13. The van der Waals surface area contributed by atoms with Crippen LogP contribution < -0.4 is 16.0 Å². The number of anilines is 1. The molecule has 100 valence electrons. The number of nitrogens with zero attached hydrogens (tertiary/aromatic N) is 3. The van der Waals surface area contributed by atoms with Crippen LogP contribution in [0.25, 0.3) is 0 Å². The van der Waals surface area contributed by atoms with E-state index in [9.17, 15) is 10.1 Å². The highest BCUT2D eigenvalue weighted by Gasteiger charge is 2.18. The summed E-state index contributed by atoms with van der Waals surface area (Å²) in [5.41, 5.74) is 1.87. The molecular weight excluding hydrogens is 242 g/mol. The van der Waals surface area contributed by atoms with E-state index in [1.165, 1.54) is 0 Å². The van der Waals surface area contributed by atoms with Gasteiger partial charge < -0.3 is 9.47 Å². The summed E-state index contributed by atoms with van der Waals surface area (Å²) in [6, 6.07) is 0. The average molecular weight is 257 g/mol. The number of hydrogen-bond donors (Lipinski definition) is 2. The molecule has 1 heterocycles. The second kappa shape index (κ2) is 7.35. The van der Waals surface area contributed by atoms with Crippen LogP contribution >= 0.6 is 0 Å². The molecule has 0 atom stereocenters. The first-order valence-corrected chi connectivity index (χ1v) is 5.37. The summed E-state index contributed by atoms with van der Waals surface area (Å²) in [6.45, 7) is 3.10. The van der Waals surface area contributed by atoms with E-state index in [1.807, 2.05) is 6.92 Å². The molecule has 9 heteroatoms.